The quantitative estimate of drug-likeness (QED) is 0.154. The number of aliphatic carboxylic acids is 1. The van der Waals surface area contributed by atoms with Crippen LogP contribution in [0.3, 0.4) is 0 Å². The van der Waals surface area contributed by atoms with E-state index in [4.69, 9.17) is 21.7 Å². The first kappa shape index (κ1) is 36.1. The van der Waals surface area contributed by atoms with Crippen molar-refractivity contribution < 1.29 is 19.8 Å². The van der Waals surface area contributed by atoms with Crippen molar-refractivity contribution in [2.24, 2.45) is 5.92 Å². The summed E-state index contributed by atoms with van der Waals surface area (Å²) in [5, 5.41) is 24.8. The Labute approximate surface area is 311 Å². The molecule has 0 radical (unpaired) electrons. The van der Waals surface area contributed by atoms with Crippen LogP contribution in [0.25, 0.3) is 5.57 Å². The normalized spacial score (nSPS) is 20.3. The summed E-state index contributed by atoms with van der Waals surface area (Å²) >= 11 is 6.43. The molecule has 2 atom stereocenters. The zero-order valence-corrected chi connectivity index (χ0v) is 30.4. The lowest BCUT2D eigenvalue weighted by molar-refractivity contribution is -0.138. The fourth-order valence-electron chi connectivity index (χ4n) is 8.54. The Kier molecular flexibility index (Phi) is 11.5. The first-order valence-electron chi connectivity index (χ1n) is 18.8. The molecule has 270 valence electrons. The van der Waals surface area contributed by atoms with Crippen molar-refractivity contribution >= 4 is 29.1 Å². The van der Waals surface area contributed by atoms with Crippen LogP contribution in [0.2, 0.25) is 5.02 Å². The molecule has 7 rings (SSSR count). The van der Waals surface area contributed by atoms with E-state index in [1.165, 1.54) is 33.4 Å². The molecule has 2 unspecified atom stereocenters. The summed E-state index contributed by atoms with van der Waals surface area (Å²) in [4.78, 5) is 32.0. The molecule has 1 saturated carbocycles. The minimum absolute atomic E-state index is 0.194. The summed E-state index contributed by atoms with van der Waals surface area (Å²) in [6, 6.07) is 27.8. The number of amides is 1. The highest BCUT2D eigenvalue weighted by atomic mass is 35.5. The number of aryl methyl sites for hydroxylation is 2. The van der Waals surface area contributed by atoms with Crippen molar-refractivity contribution in [3.05, 3.63) is 141 Å². The molecule has 4 aromatic rings. The Bertz CT molecular complexity index is 1890. The summed E-state index contributed by atoms with van der Waals surface area (Å²) in [5.41, 5.74) is 10.3. The number of carbonyl (C=O) groups is 2. The molecule has 3 N–H and O–H groups in total. The van der Waals surface area contributed by atoms with Crippen molar-refractivity contribution in [3.63, 3.8) is 0 Å². The molecular formula is C44H48ClN3O4. The van der Waals surface area contributed by atoms with Gasteiger partial charge in [0.2, 0.25) is 0 Å². The SMILES string of the molecule is O=C(O)C[C@H]1CC[C@H](c2ccc(C(=O)NC(Cc3ccccc3)C(O)CN3CCC(=C4c5ccc(Cl)cc5CCc5cccnc54)CC3)cc2)CC1. The lowest BCUT2D eigenvalue weighted by atomic mass is 9.77. The molecule has 1 aliphatic heterocycles. The van der Waals surface area contributed by atoms with E-state index in [0.29, 0.717) is 24.4 Å². The predicted octanol–water partition coefficient (Wildman–Crippen LogP) is 7.88. The van der Waals surface area contributed by atoms with E-state index >= 15 is 0 Å². The first-order chi connectivity index (χ1) is 25.3. The van der Waals surface area contributed by atoms with Gasteiger partial charge in [-0.05, 0) is 128 Å². The Hall–Kier alpha value is -4.30. The van der Waals surface area contributed by atoms with Gasteiger partial charge in [0.25, 0.3) is 5.91 Å². The number of β-amino-alcohol motifs (C(OH)–C–C–N with tert-alkyl or cyclic N) is 1. The molecule has 0 spiro atoms. The molecule has 7 nitrogen and oxygen atoms in total. The smallest absolute Gasteiger partial charge is 0.303 e. The number of fused-ring (bicyclic) bond motifs is 2. The van der Waals surface area contributed by atoms with Gasteiger partial charge in [-0.2, -0.15) is 0 Å². The highest BCUT2D eigenvalue weighted by Gasteiger charge is 2.29. The summed E-state index contributed by atoms with van der Waals surface area (Å²) in [6.45, 7) is 2.09. The van der Waals surface area contributed by atoms with Crippen LogP contribution < -0.4 is 5.32 Å². The van der Waals surface area contributed by atoms with Gasteiger partial charge in [-0.15, -0.1) is 0 Å². The van der Waals surface area contributed by atoms with Crippen molar-refractivity contribution in [2.75, 3.05) is 19.6 Å². The number of aliphatic hydroxyl groups excluding tert-OH is 1. The molecule has 3 aromatic carbocycles. The van der Waals surface area contributed by atoms with Gasteiger partial charge in [0.15, 0.2) is 0 Å². The van der Waals surface area contributed by atoms with Crippen LogP contribution in [-0.2, 0) is 24.1 Å². The number of hydrogen-bond donors (Lipinski definition) is 3. The van der Waals surface area contributed by atoms with E-state index in [1.54, 1.807) is 0 Å². The number of carbonyl (C=O) groups excluding carboxylic acids is 1. The standard InChI is InChI=1S/C44H48ClN3O4/c45-37-18-19-38-36(27-37)17-14-34-7-4-22-46-43(34)42(38)33-20-23-48(24-21-33)28-40(49)39(25-29-5-2-1-3-6-29)47-44(52)35-15-12-32(13-16-35)31-10-8-30(9-11-31)26-41(50)51/h1-7,12-13,15-16,18-19,22,27,30-31,39-40,49H,8-11,14,17,20-21,23-26,28H2,(H,47,52)(H,50,51)/t30-,31-,39?,40?. The molecule has 1 amide bonds. The van der Waals surface area contributed by atoms with Gasteiger partial charge in [-0.3, -0.25) is 14.6 Å². The lowest BCUT2D eigenvalue weighted by Crippen LogP contribution is -2.50. The van der Waals surface area contributed by atoms with Crippen LogP contribution in [0.5, 0.6) is 0 Å². The summed E-state index contributed by atoms with van der Waals surface area (Å²) < 4.78 is 0. The molecule has 3 aliphatic rings. The third kappa shape index (κ3) is 8.66. The van der Waals surface area contributed by atoms with E-state index in [0.717, 1.165) is 80.7 Å². The topological polar surface area (TPSA) is 103 Å². The van der Waals surface area contributed by atoms with Gasteiger partial charge in [0, 0.05) is 48.4 Å². The zero-order chi connectivity index (χ0) is 36.0. The van der Waals surface area contributed by atoms with Gasteiger partial charge >= 0.3 is 5.97 Å². The first-order valence-corrected chi connectivity index (χ1v) is 19.2. The molecule has 2 heterocycles. The average Bonchev–Trinajstić information content (AvgIpc) is 3.32. The monoisotopic (exact) mass is 717 g/mol. The van der Waals surface area contributed by atoms with Gasteiger partial charge in [-0.1, -0.05) is 71.8 Å². The van der Waals surface area contributed by atoms with Crippen LogP contribution in [0, 0.1) is 5.92 Å². The number of nitrogens with zero attached hydrogens (tertiary/aromatic N) is 2. The number of nitrogens with one attached hydrogen (secondary N) is 1. The van der Waals surface area contributed by atoms with Crippen LogP contribution in [0.15, 0.2) is 96.7 Å². The van der Waals surface area contributed by atoms with Gasteiger partial charge in [0.1, 0.15) is 0 Å². The van der Waals surface area contributed by atoms with Crippen molar-refractivity contribution in [2.45, 2.75) is 82.3 Å². The van der Waals surface area contributed by atoms with E-state index in [2.05, 4.69) is 28.4 Å². The Morgan fingerprint density at radius 1 is 0.865 bits per heavy atom. The number of benzene rings is 3. The Morgan fingerprint density at radius 3 is 2.33 bits per heavy atom. The van der Waals surface area contributed by atoms with E-state index in [-0.39, 0.29) is 18.2 Å². The summed E-state index contributed by atoms with van der Waals surface area (Å²) in [7, 11) is 0. The molecule has 2 aliphatic carbocycles. The molecule has 0 bridgehead atoms. The fraction of sp³-hybridized carbons (Fsp3) is 0.386. The molecule has 8 heteroatoms. The number of carboxylic acids is 1. The third-order valence-electron chi connectivity index (χ3n) is 11.4. The van der Waals surface area contributed by atoms with Gasteiger partial charge in [0.05, 0.1) is 17.8 Å². The summed E-state index contributed by atoms with van der Waals surface area (Å²) in [5.74, 6) is -0.271. The maximum absolute atomic E-state index is 13.6. The zero-order valence-electron chi connectivity index (χ0n) is 29.6. The molecule has 2 fully saturated rings. The molecule has 1 aromatic heterocycles. The second kappa shape index (κ2) is 16.6. The van der Waals surface area contributed by atoms with Crippen molar-refractivity contribution in [1.29, 1.82) is 0 Å². The highest BCUT2D eigenvalue weighted by molar-refractivity contribution is 6.30. The maximum Gasteiger partial charge on any atom is 0.303 e. The number of carboxylic acid groups (broad SMARTS) is 1. The Balaban J connectivity index is 1.02. The van der Waals surface area contributed by atoms with Crippen LogP contribution in [0.1, 0.15) is 94.7 Å². The van der Waals surface area contributed by atoms with Crippen LogP contribution in [0.4, 0.5) is 0 Å². The molecule has 1 saturated heterocycles. The minimum atomic E-state index is -0.762. The lowest BCUT2D eigenvalue weighted by Gasteiger charge is -2.34. The van der Waals surface area contributed by atoms with E-state index in [9.17, 15) is 14.7 Å². The van der Waals surface area contributed by atoms with Crippen LogP contribution >= 0.6 is 11.6 Å². The highest BCUT2D eigenvalue weighted by Crippen LogP contribution is 2.39. The minimum Gasteiger partial charge on any atom is -0.481 e. The number of halogens is 1. The van der Waals surface area contributed by atoms with Gasteiger partial charge in [-0.25, -0.2) is 0 Å². The van der Waals surface area contributed by atoms with Gasteiger partial charge < -0.3 is 20.4 Å². The molecular weight excluding hydrogens is 670 g/mol. The van der Waals surface area contributed by atoms with Crippen LogP contribution in [-0.4, -0.2) is 63.8 Å². The third-order valence-corrected chi connectivity index (χ3v) is 11.7. The fourth-order valence-corrected chi connectivity index (χ4v) is 8.73. The van der Waals surface area contributed by atoms with E-state index < -0.39 is 18.1 Å². The maximum atomic E-state index is 13.6. The predicted molar refractivity (Wildman–Crippen MR) is 206 cm³/mol. The second-order valence-electron chi connectivity index (χ2n) is 14.9. The largest absolute Gasteiger partial charge is 0.481 e. The number of aromatic nitrogens is 1. The molecule has 52 heavy (non-hydrogen) atoms. The van der Waals surface area contributed by atoms with E-state index in [1.807, 2.05) is 72.9 Å². The number of aliphatic hydroxyl groups is 1. The number of hydrogen-bond acceptors (Lipinski definition) is 5. The number of likely N-dealkylation sites (tertiary alicyclic amines) is 1. The summed E-state index contributed by atoms with van der Waals surface area (Å²) in [6.07, 6.45) is 9.29. The average molecular weight is 718 g/mol. The van der Waals surface area contributed by atoms with Crippen molar-refractivity contribution in [1.82, 2.24) is 15.2 Å². The Morgan fingerprint density at radius 2 is 1.60 bits per heavy atom. The number of pyridine rings is 1. The number of rotatable bonds is 10. The second-order valence-corrected chi connectivity index (χ2v) is 15.3. The number of piperidine rings is 1. The van der Waals surface area contributed by atoms with Crippen molar-refractivity contribution in [3.8, 4) is 0 Å².